The number of pyridine rings is 1. The molecule has 188 valence electrons. The van der Waals surface area contributed by atoms with Crippen LogP contribution in [0.25, 0.3) is 21.9 Å². The Morgan fingerprint density at radius 1 is 1.22 bits per heavy atom. The van der Waals surface area contributed by atoms with Crippen LogP contribution in [-0.4, -0.2) is 48.2 Å². The van der Waals surface area contributed by atoms with Gasteiger partial charge >= 0.3 is 0 Å². The van der Waals surface area contributed by atoms with E-state index in [4.69, 9.17) is 10.8 Å². The number of nitrogens with two attached hydrogens (primary N) is 1. The summed E-state index contributed by atoms with van der Waals surface area (Å²) >= 11 is 0. The third-order valence-corrected chi connectivity index (χ3v) is 7.29. The highest BCUT2D eigenvalue weighted by atomic mass is 16.2. The lowest BCUT2D eigenvalue weighted by Gasteiger charge is -2.17. The molecule has 6 rings (SSSR count). The summed E-state index contributed by atoms with van der Waals surface area (Å²) in [5, 5.41) is 5.76. The van der Waals surface area contributed by atoms with Gasteiger partial charge in [0.2, 0.25) is 5.91 Å². The van der Waals surface area contributed by atoms with Crippen LogP contribution < -0.4 is 5.73 Å². The van der Waals surface area contributed by atoms with E-state index < -0.39 is 0 Å². The van der Waals surface area contributed by atoms with E-state index in [1.54, 1.807) is 0 Å². The molecule has 0 unspecified atom stereocenters. The molecule has 4 heterocycles. The second-order valence-electron chi connectivity index (χ2n) is 10.6. The molecule has 2 aliphatic rings. The Morgan fingerprint density at radius 3 is 2.81 bits per heavy atom. The van der Waals surface area contributed by atoms with E-state index in [0.717, 1.165) is 45.9 Å². The predicted molar refractivity (Wildman–Crippen MR) is 145 cm³/mol. The SMILES string of the molecule is C=CC(=O)N1CC[C@H](n2nc(C#Cc3ccc4c(c3)ncn4C3CC3)c3c(N)ncc(CC(C)C)c32)C1. The van der Waals surface area contributed by atoms with Gasteiger partial charge in [-0.3, -0.25) is 9.48 Å². The molecular weight excluding hydrogens is 462 g/mol. The van der Waals surface area contributed by atoms with Gasteiger partial charge in [-0.15, -0.1) is 0 Å². The Kier molecular flexibility index (Phi) is 5.71. The molecule has 8 heteroatoms. The number of hydrogen-bond acceptors (Lipinski definition) is 5. The van der Waals surface area contributed by atoms with E-state index in [1.807, 2.05) is 34.2 Å². The van der Waals surface area contributed by atoms with Crippen molar-refractivity contribution >= 4 is 33.7 Å². The lowest BCUT2D eigenvalue weighted by atomic mass is 10.0. The van der Waals surface area contributed by atoms with E-state index in [-0.39, 0.29) is 11.9 Å². The second-order valence-corrected chi connectivity index (χ2v) is 10.6. The lowest BCUT2D eigenvalue weighted by molar-refractivity contribution is -0.125. The van der Waals surface area contributed by atoms with Gasteiger partial charge in [-0.2, -0.15) is 5.10 Å². The number of benzene rings is 1. The van der Waals surface area contributed by atoms with Crippen LogP contribution in [0.1, 0.15) is 62.0 Å². The molecule has 2 fully saturated rings. The fraction of sp³-hybridized carbons (Fsp3) is 0.379. The van der Waals surface area contributed by atoms with Crippen molar-refractivity contribution in [2.24, 2.45) is 5.92 Å². The molecule has 3 aromatic heterocycles. The Morgan fingerprint density at radius 2 is 2.05 bits per heavy atom. The minimum Gasteiger partial charge on any atom is -0.383 e. The van der Waals surface area contributed by atoms with Crippen LogP contribution >= 0.6 is 0 Å². The molecule has 37 heavy (non-hydrogen) atoms. The first-order valence-electron chi connectivity index (χ1n) is 13.0. The van der Waals surface area contributed by atoms with E-state index in [2.05, 4.69) is 52.9 Å². The number of nitrogen functional groups attached to an aromatic ring is 1. The summed E-state index contributed by atoms with van der Waals surface area (Å²) in [5.74, 6) is 7.39. The topological polar surface area (TPSA) is 94.9 Å². The molecule has 1 aliphatic heterocycles. The van der Waals surface area contributed by atoms with Crippen molar-refractivity contribution in [2.75, 3.05) is 18.8 Å². The molecule has 1 atom stereocenters. The fourth-order valence-electron chi connectivity index (χ4n) is 5.35. The Hall–Kier alpha value is -4.12. The highest BCUT2D eigenvalue weighted by Gasteiger charge is 2.30. The number of amides is 1. The van der Waals surface area contributed by atoms with Crippen LogP contribution in [0.2, 0.25) is 0 Å². The predicted octanol–water partition coefficient (Wildman–Crippen LogP) is 4.26. The van der Waals surface area contributed by atoms with Crippen molar-refractivity contribution in [3.63, 3.8) is 0 Å². The van der Waals surface area contributed by atoms with E-state index in [1.165, 1.54) is 18.9 Å². The smallest absolute Gasteiger partial charge is 0.246 e. The van der Waals surface area contributed by atoms with Crippen LogP contribution in [0.3, 0.4) is 0 Å². The summed E-state index contributed by atoms with van der Waals surface area (Å²) in [7, 11) is 0. The zero-order valence-electron chi connectivity index (χ0n) is 21.3. The molecule has 0 bridgehead atoms. The van der Waals surface area contributed by atoms with Crippen LogP contribution in [0, 0.1) is 17.8 Å². The standard InChI is InChI=1S/C29H31N7O/c1-4-26(37)34-12-11-22(16-34)36-28-20(13-18(2)3)15-31-29(30)27(28)23(33-36)9-5-19-6-10-25-24(14-19)32-17-35(25)21-7-8-21/h4,6,10,14-15,17-18,21-22H,1,7-8,11-13,16H2,2-3H3,(H2,30,31)/t22-/m0/s1. The van der Waals surface area contributed by atoms with Crippen LogP contribution in [-0.2, 0) is 11.2 Å². The third kappa shape index (κ3) is 4.25. The first-order valence-corrected chi connectivity index (χ1v) is 13.0. The van der Waals surface area contributed by atoms with Crippen molar-refractivity contribution < 1.29 is 4.79 Å². The number of nitrogens with zero attached hydrogens (tertiary/aromatic N) is 6. The monoisotopic (exact) mass is 493 g/mol. The average Bonchev–Trinajstić information content (AvgIpc) is 3.29. The van der Waals surface area contributed by atoms with Crippen molar-refractivity contribution in [1.82, 2.24) is 29.2 Å². The van der Waals surface area contributed by atoms with Gasteiger partial charge in [-0.25, -0.2) is 9.97 Å². The highest BCUT2D eigenvalue weighted by Crippen LogP contribution is 2.37. The van der Waals surface area contributed by atoms with Crippen molar-refractivity contribution in [1.29, 1.82) is 0 Å². The van der Waals surface area contributed by atoms with Gasteiger partial charge in [0.25, 0.3) is 0 Å². The second kappa shape index (κ2) is 9.07. The zero-order valence-corrected chi connectivity index (χ0v) is 21.3. The first-order chi connectivity index (χ1) is 17.9. The summed E-state index contributed by atoms with van der Waals surface area (Å²) in [5.41, 5.74) is 12.1. The molecular formula is C29H31N7O. The van der Waals surface area contributed by atoms with Gasteiger partial charge in [-0.1, -0.05) is 26.3 Å². The Bertz CT molecular complexity index is 1600. The van der Waals surface area contributed by atoms with Crippen LogP contribution in [0.4, 0.5) is 5.82 Å². The Labute approximate surface area is 216 Å². The van der Waals surface area contributed by atoms with Gasteiger partial charge in [0.15, 0.2) is 0 Å². The van der Waals surface area contributed by atoms with Crippen LogP contribution in [0.5, 0.6) is 0 Å². The number of imidazole rings is 1. The largest absolute Gasteiger partial charge is 0.383 e. The Balaban J connectivity index is 1.43. The molecule has 1 aliphatic carbocycles. The fourth-order valence-corrected chi connectivity index (χ4v) is 5.35. The maximum Gasteiger partial charge on any atom is 0.246 e. The quantitative estimate of drug-likeness (QED) is 0.331. The minimum absolute atomic E-state index is 0.0393. The third-order valence-electron chi connectivity index (χ3n) is 7.29. The van der Waals surface area contributed by atoms with E-state index in [9.17, 15) is 4.79 Å². The number of rotatable bonds is 5. The zero-order chi connectivity index (χ0) is 25.7. The molecule has 1 saturated carbocycles. The first kappa shape index (κ1) is 23.3. The summed E-state index contributed by atoms with van der Waals surface area (Å²) in [6, 6.07) is 6.79. The van der Waals surface area contributed by atoms with Gasteiger partial charge < -0.3 is 15.2 Å². The maximum atomic E-state index is 12.2. The average molecular weight is 494 g/mol. The van der Waals surface area contributed by atoms with Gasteiger partial charge in [0, 0.05) is 30.9 Å². The van der Waals surface area contributed by atoms with Crippen molar-refractivity contribution in [3.05, 3.63) is 60.2 Å². The number of carbonyl (C=O) groups excluding carboxylic acids is 1. The highest BCUT2D eigenvalue weighted by molar-refractivity contribution is 5.95. The summed E-state index contributed by atoms with van der Waals surface area (Å²) in [6.07, 6.45) is 9.27. The van der Waals surface area contributed by atoms with E-state index in [0.29, 0.717) is 36.6 Å². The van der Waals surface area contributed by atoms with Crippen molar-refractivity contribution in [3.8, 4) is 11.8 Å². The van der Waals surface area contributed by atoms with Gasteiger partial charge in [-0.05, 0) is 67.4 Å². The normalized spacial score (nSPS) is 17.5. The lowest BCUT2D eigenvalue weighted by Crippen LogP contribution is -2.27. The number of hydrogen-bond donors (Lipinski definition) is 1. The molecule has 0 radical (unpaired) electrons. The number of aromatic nitrogens is 5. The maximum absolute atomic E-state index is 12.2. The van der Waals surface area contributed by atoms with Gasteiger partial charge in [0.1, 0.15) is 11.5 Å². The summed E-state index contributed by atoms with van der Waals surface area (Å²) < 4.78 is 4.29. The molecule has 1 aromatic carbocycles. The number of carbonyl (C=O) groups is 1. The molecule has 8 nitrogen and oxygen atoms in total. The minimum atomic E-state index is -0.0536. The number of fused-ring (bicyclic) bond motifs is 2. The molecule has 1 amide bonds. The van der Waals surface area contributed by atoms with Gasteiger partial charge in [0.05, 0.1) is 34.3 Å². The van der Waals surface area contributed by atoms with Crippen molar-refractivity contribution in [2.45, 2.75) is 51.6 Å². The molecule has 1 saturated heterocycles. The van der Waals surface area contributed by atoms with Crippen LogP contribution in [0.15, 0.2) is 43.4 Å². The van der Waals surface area contributed by atoms with E-state index >= 15 is 0 Å². The molecule has 0 spiro atoms. The summed E-state index contributed by atoms with van der Waals surface area (Å²) in [6.45, 7) is 9.26. The summed E-state index contributed by atoms with van der Waals surface area (Å²) in [4.78, 5) is 23.2. The number of likely N-dealkylation sites (tertiary alicyclic amines) is 1. The number of anilines is 1. The molecule has 2 N–H and O–H groups in total. The molecule has 4 aromatic rings.